The first-order valence-electron chi connectivity index (χ1n) is 7.98. The number of carbonyl (C=O) groups excluding carboxylic acids is 1. The van der Waals surface area contributed by atoms with Gasteiger partial charge in [0.25, 0.3) is 5.91 Å². The lowest BCUT2D eigenvalue weighted by Gasteiger charge is -2.13. The third-order valence-electron chi connectivity index (χ3n) is 3.83. The average molecular weight is 333 g/mol. The molecule has 0 atom stereocenters. The molecule has 126 valence electrons. The second-order valence-corrected chi connectivity index (χ2v) is 5.68. The molecule has 3 aromatic carbocycles. The third kappa shape index (κ3) is 4.05. The summed E-state index contributed by atoms with van der Waals surface area (Å²) in [4.78, 5) is 11.8. The topological polar surface area (TPSA) is 49.8 Å². The molecule has 0 aromatic heterocycles. The van der Waals surface area contributed by atoms with Crippen LogP contribution in [-0.4, -0.2) is 23.2 Å². The van der Waals surface area contributed by atoms with Gasteiger partial charge in [0.05, 0.1) is 0 Å². The van der Waals surface area contributed by atoms with Crippen LogP contribution in [0.25, 0.3) is 11.1 Å². The zero-order valence-corrected chi connectivity index (χ0v) is 13.9. The third-order valence-corrected chi connectivity index (χ3v) is 3.83. The van der Waals surface area contributed by atoms with Crippen molar-refractivity contribution in [3.8, 4) is 16.9 Å². The number of hydroxylamine groups is 2. The Bertz CT molecular complexity index is 860. The van der Waals surface area contributed by atoms with E-state index in [1.54, 1.807) is 18.2 Å². The van der Waals surface area contributed by atoms with Crippen molar-refractivity contribution in [3.63, 3.8) is 0 Å². The lowest BCUT2D eigenvalue weighted by molar-refractivity contribution is -0.0375. The first-order valence-corrected chi connectivity index (χ1v) is 7.98. The summed E-state index contributed by atoms with van der Waals surface area (Å²) < 4.78 is 5.99. The molecule has 0 fully saturated rings. The zero-order valence-electron chi connectivity index (χ0n) is 13.9. The van der Waals surface area contributed by atoms with E-state index in [4.69, 9.17) is 4.74 Å². The fourth-order valence-corrected chi connectivity index (χ4v) is 2.59. The molecule has 4 heteroatoms. The van der Waals surface area contributed by atoms with Gasteiger partial charge in [0.1, 0.15) is 12.4 Å². The lowest BCUT2D eigenvalue weighted by Crippen LogP contribution is -2.22. The molecule has 0 bridgehead atoms. The molecule has 0 unspecified atom stereocenters. The number of rotatable bonds is 5. The molecule has 1 amide bonds. The normalized spacial score (nSPS) is 10.3. The summed E-state index contributed by atoms with van der Waals surface area (Å²) in [6.45, 7) is 0.333. The molecule has 0 aliphatic rings. The smallest absolute Gasteiger partial charge is 0.276 e. The summed E-state index contributed by atoms with van der Waals surface area (Å²) in [5, 5.41) is 9.86. The number of hydrogen-bond donors (Lipinski definition) is 1. The van der Waals surface area contributed by atoms with Crippen LogP contribution in [0.1, 0.15) is 15.9 Å². The molecule has 0 aliphatic carbocycles. The van der Waals surface area contributed by atoms with Crippen molar-refractivity contribution in [3.05, 3.63) is 90.0 Å². The monoisotopic (exact) mass is 333 g/mol. The van der Waals surface area contributed by atoms with Crippen molar-refractivity contribution in [2.75, 3.05) is 7.05 Å². The van der Waals surface area contributed by atoms with E-state index in [-0.39, 0.29) is 0 Å². The van der Waals surface area contributed by atoms with Gasteiger partial charge in [0.15, 0.2) is 0 Å². The molecule has 1 N–H and O–H groups in total. The van der Waals surface area contributed by atoms with E-state index < -0.39 is 5.91 Å². The summed E-state index contributed by atoms with van der Waals surface area (Å²) in [5.41, 5.74) is 3.38. The van der Waals surface area contributed by atoms with E-state index in [0.717, 1.165) is 22.4 Å². The van der Waals surface area contributed by atoms with Gasteiger partial charge in [-0.25, -0.2) is 5.06 Å². The van der Waals surface area contributed by atoms with E-state index in [9.17, 15) is 10.0 Å². The SMILES string of the molecule is CN(O)C(=O)c1cccc(COc2ccccc2-c2ccccc2)c1. The highest BCUT2D eigenvalue weighted by atomic mass is 16.5. The van der Waals surface area contributed by atoms with Gasteiger partial charge in [0.2, 0.25) is 0 Å². The van der Waals surface area contributed by atoms with Gasteiger partial charge in [-0.05, 0) is 29.3 Å². The van der Waals surface area contributed by atoms with Gasteiger partial charge in [0, 0.05) is 18.2 Å². The molecule has 0 aliphatic heterocycles. The number of carbonyl (C=O) groups is 1. The predicted molar refractivity (Wildman–Crippen MR) is 96.5 cm³/mol. The van der Waals surface area contributed by atoms with E-state index in [1.165, 1.54) is 7.05 Å². The van der Waals surface area contributed by atoms with E-state index in [0.29, 0.717) is 17.2 Å². The summed E-state index contributed by atoms with van der Waals surface area (Å²) in [6.07, 6.45) is 0. The number of nitrogens with zero attached hydrogens (tertiary/aromatic N) is 1. The number of benzene rings is 3. The molecule has 0 saturated carbocycles. The Balaban J connectivity index is 1.79. The maximum Gasteiger partial charge on any atom is 0.276 e. The molecule has 0 spiro atoms. The second kappa shape index (κ2) is 7.64. The van der Waals surface area contributed by atoms with Crippen molar-refractivity contribution in [1.82, 2.24) is 5.06 Å². The molecule has 0 heterocycles. The highest BCUT2D eigenvalue weighted by Crippen LogP contribution is 2.30. The highest BCUT2D eigenvalue weighted by Gasteiger charge is 2.10. The predicted octanol–water partition coefficient (Wildman–Crippen LogP) is 4.39. The number of amides is 1. The summed E-state index contributed by atoms with van der Waals surface area (Å²) in [7, 11) is 1.31. The molecular formula is C21H19NO3. The Hall–Kier alpha value is -3.11. The molecule has 25 heavy (non-hydrogen) atoms. The molecule has 4 nitrogen and oxygen atoms in total. The van der Waals surface area contributed by atoms with Crippen molar-refractivity contribution < 1.29 is 14.7 Å². The van der Waals surface area contributed by atoms with Crippen LogP contribution >= 0.6 is 0 Å². The van der Waals surface area contributed by atoms with Gasteiger partial charge in [-0.3, -0.25) is 10.0 Å². The largest absolute Gasteiger partial charge is 0.488 e. The quantitative estimate of drug-likeness (QED) is 0.556. The maximum atomic E-state index is 11.8. The van der Waals surface area contributed by atoms with Gasteiger partial charge >= 0.3 is 0 Å². The van der Waals surface area contributed by atoms with Crippen LogP contribution in [0.2, 0.25) is 0 Å². The van der Waals surface area contributed by atoms with Crippen LogP contribution in [-0.2, 0) is 6.61 Å². The number of ether oxygens (including phenoxy) is 1. The minimum atomic E-state index is -0.452. The minimum Gasteiger partial charge on any atom is -0.488 e. The fourth-order valence-electron chi connectivity index (χ4n) is 2.59. The molecule has 3 aromatic rings. The Morgan fingerprint density at radius 1 is 0.960 bits per heavy atom. The van der Waals surface area contributed by atoms with Crippen molar-refractivity contribution in [2.24, 2.45) is 0 Å². The van der Waals surface area contributed by atoms with Crippen molar-refractivity contribution in [2.45, 2.75) is 6.61 Å². The Labute approximate surface area is 146 Å². The first-order chi connectivity index (χ1) is 12.1. The molecular weight excluding hydrogens is 314 g/mol. The summed E-state index contributed by atoms with van der Waals surface area (Å²) in [6, 6.07) is 25.0. The van der Waals surface area contributed by atoms with Crippen LogP contribution < -0.4 is 4.74 Å². The number of hydrogen-bond acceptors (Lipinski definition) is 3. The van der Waals surface area contributed by atoms with E-state index in [1.807, 2.05) is 60.7 Å². The van der Waals surface area contributed by atoms with Crippen LogP contribution in [0.15, 0.2) is 78.9 Å². The van der Waals surface area contributed by atoms with Crippen LogP contribution in [0.5, 0.6) is 5.75 Å². The van der Waals surface area contributed by atoms with Gasteiger partial charge in [-0.2, -0.15) is 0 Å². The van der Waals surface area contributed by atoms with Gasteiger partial charge < -0.3 is 4.74 Å². The van der Waals surface area contributed by atoms with Crippen LogP contribution in [0.4, 0.5) is 0 Å². The second-order valence-electron chi connectivity index (χ2n) is 5.68. The zero-order chi connectivity index (χ0) is 17.6. The fraction of sp³-hybridized carbons (Fsp3) is 0.0952. The minimum absolute atomic E-state index is 0.333. The van der Waals surface area contributed by atoms with Gasteiger partial charge in [-0.1, -0.05) is 60.7 Å². The molecule has 3 rings (SSSR count). The summed E-state index contributed by atoms with van der Waals surface area (Å²) >= 11 is 0. The highest BCUT2D eigenvalue weighted by molar-refractivity contribution is 5.93. The standard InChI is InChI=1S/C21H19NO3/c1-22(24)21(23)18-11-7-8-16(14-18)15-25-20-13-6-5-12-19(20)17-9-3-2-4-10-17/h2-14,24H,15H2,1H3. The van der Waals surface area contributed by atoms with Crippen molar-refractivity contribution >= 4 is 5.91 Å². The lowest BCUT2D eigenvalue weighted by atomic mass is 10.0. The Kier molecular flexibility index (Phi) is 5.11. The van der Waals surface area contributed by atoms with E-state index in [2.05, 4.69) is 0 Å². The average Bonchev–Trinajstić information content (AvgIpc) is 2.67. The van der Waals surface area contributed by atoms with E-state index >= 15 is 0 Å². The van der Waals surface area contributed by atoms with Crippen molar-refractivity contribution in [1.29, 1.82) is 0 Å². The first kappa shape index (κ1) is 16.7. The van der Waals surface area contributed by atoms with Gasteiger partial charge in [-0.15, -0.1) is 0 Å². The Morgan fingerprint density at radius 3 is 2.44 bits per heavy atom. The maximum absolute atomic E-state index is 11.8. The molecule has 0 radical (unpaired) electrons. The number of para-hydroxylation sites is 1. The van der Waals surface area contributed by atoms with Crippen LogP contribution in [0, 0.1) is 0 Å². The Morgan fingerprint density at radius 2 is 1.68 bits per heavy atom. The van der Waals surface area contributed by atoms with Crippen LogP contribution in [0.3, 0.4) is 0 Å². The summed E-state index contributed by atoms with van der Waals surface area (Å²) in [5.74, 6) is 0.330. The molecule has 0 saturated heterocycles.